The second kappa shape index (κ2) is 7.05. The number of hydrogen-bond donors (Lipinski definition) is 1. The molecule has 1 aromatic heterocycles. The summed E-state index contributed by atoms with van der Waals surface area (Å²) in [5.74, 6) is 1.58. The Labute approximate surface area is 167 Å². The highest BCUT2D eigenvalue weighted by Crippen LogP contribution is 2.33. The topological polar surface area (TPSA) is 52.0 Å². The van der Waals surface area contributed by atoms with E-state index in [1.807, 2.05) is 35.9 Å². The van der Waals surface area contributed by atoms with Crippen LogP contribution in [0.5, 0.6) is 5.75 Å². The van der Waals surface area contributed by atoms with Crippen LogP contribution in [0.2, 0.25) is 0 Å². The summed E-state index contributed by atoms with van der Waals surface area (Å²) in [7, 11) is 0. The van der Waals surface area contributed by atoms with E-state index >= 15 is 0 Å². The molecule has 1 aliphatic heterocycles. The number of thioether (sulfide) groups is 1. The predicted molar refractivity (Wildman–Crippen MR) is 114 cm³/mol. The zero-order chi connectivity index (χ0) is 18.9. The van der Waals surface area contributed by atoms with Crippen molar-refractivity contribution in [2.45, 2.75) is 12.1 Å². The van der Waals surface area contributed by atoms with E-state index in [9.17, 15) is 0 Å². The van der Waals surface area contributed by atoms with Crippen LogP contribution in [0.3, 0.4) is 0 Å². The Morgan fingerprint density at radius 1 is 0.929 bits per heavy atom. The van der Waals surface area contributed by atoms with Gasteiger partial charge in [0.1, 0.15) is 5.75 Å². The Morgan fingerprint density at radius 2 is 1.82 bits per heavy atom. The van der Waals surface area contributed by atoms with E-state index in [4.69, 9.17) is 4.74 Å². The van der Waals surface area contributed by atoms with Gasteiger partial charge in [0.15, 0.2) is 5.82 Å². The lowest BCUT2D eigenvalue weighted by Crippen LogP contribution is -2.18. The first kappa shape index (κ1) is 16.9. The molecular weight excluding hydrogens is 368 g/mol. The minimum atomic E-state index is 0.629. The maximum Gasteiger partial charge on any atom is 0.214 e. The molecule has 5 nitrogen and oxygen atoms in total. The molecule has 3 aromatic carbocycles. The summed E-state index contributed by atoms with van der Waals surface area (Å²) < 4.78 is 7.56. The maximum atomic E-state index is 5.63. The smallest absolute Gasteiger partial charge is 0.214 e. The predicted octanol–water partition coefficient (Wildman–Crippen LogP) is 5.14. The van der Waals surface area contributed by atoms with Crippen molar-refractivity contribution in [3.8, 4) is 17.1 Å². The molecule has 0 unspecified atom stereocenters. The van der Waals surface area contributed by atoms with Crippen molar-refractivity contribution in [2.24, 2.45) is 0 Å². The summed E-state index contributed by atoms with van der Waals surface area (Å²) in [6, 6.07) is 22.8. The van der Waals surface area contributed by atoms with Crippen LogP contribution in [0, 0.1) is 0 Å². The fourth-order valence-electron chi connectivity index (χ4n) is 3.27. The van der Waals surface area contributed by atoms with Gasteiger partial charge in [-0.3, -0.25) is 5.43 Å². The molecule has 0 spiro atoms. The summed E-state index contributed by atoms with van der Waals surface area (Å²) in [5, 5.41) is 14.0. The van der Waals surface area contributed by atoms with Crippen LogP contribution in [0.4, 0.5) is 0 Å². The number of aromatic nitrogens is 3. The standard InChI is InChI=1S/C22H18N4OS/c1-2-27-19-9-5-8-18(13-19)21-23-24-22-26(21)25-20(14-28-22)17-11-10-15-6-3-4-7-16(15)12-17/h3-14,25H,2H2,1H3. The van der Waals surface area contributed by atoms with Gasteiger partial charge >= 0.3 is 0 Å². The molecule has 0 radical (unpaired) electrons. The van der Waals surface area contributed by atoms with Crippen molar-refractivity contribution in [1.29, 1.82) is 0 Å². The molecule has 0 amide bonds. The lowest BCUT2D eigenvalue weighted by Gasteiger charge is -2.19. The van der Waals surface area contributed by atoms with Gasteiger partial charge in [-0.2, -0.15) is 0 Å². The zero-order valence-corrected chi connectivity index (χ0v) is 16.1. The van der Waals surface area contributed by atoms with E-state index in [0.717, 1.165) is 33.6 Å². The number of nitrogens with one attached hydrogen (secondary N) is 1. The molecule has 1 aliphatic rings. The van der Waals surface area contributed by atoms with E-state index in [2.05, 4.69) is 63.5 Å². The summed E-state index contributed by atoms with van der Waals surface area (Å²) >= 11 is 1.56. The van der Waals surface area contributed by atoms with Gasteiger partial charge in [-0.05, 0) is 35.9 Å². The molecule has 0 aliphatic carbocycles. The van der Waals surface area contributed by atoms with Crippen LogP contribution in [0.25, 0.3) is 27.9 Å². The molecule has 2 heterocycles. The zero-order valence-electron chi connectivity index (χ0n) is 15.3. The van der Waals surface area contributed by atoms with Gasteiger partial charge in [0.05, 0.1) is 12.3 Å². The van der Waals surface area contributed by atoms with Crippen molar-refractivity contribution in [1.82, 2.24) is 14.9 Å². The highest BCUT2D eigenvalue weighted by Gasteiger charge is 2.20. The Bertz CT molecular complexity index is 1200. The lowest BCUT2D eigenvalue weighted by atomic mass is 10.1. The third-order valence-corrected chi connectivity index (χ3v) is 5.44. The summed E-state index contributed by atoms with van der Waals surface area (Å²) in [6.45, 7) is 2.61. The largest absolute Gasteiger partial charge is 0.494 e. The van der Waals surface area contributed by atoms with Gasteiger partial charge in [-0.1, -0.05) is 60.3 Å². The SMILES string of the molecule is CCOc1cccc(-c2nnc3n2NC(c2ccc4ccccc4c2)=CS3)c1. The number of benzene rings is 3. The first-order valence-electron chi connectivity index (χ1n) is 9.13. The highest BCUT2D eigenvalue weighted by atomic mass is 32.2. The monoisotopic (exact) mass is 386 g/mol. The van der Waals surface area contributed by atoms with Gasteiger partial charge in [0.25, 0.3) is 0 Å². The number of hydrogen-bond acceptors (Lipinski definition) is 5. The van der Waals surface area contributed by atoms with Crippen molar-refractivity contribution in [3.63, 3.8) is 0 Å². The molecule has 6 heteroatoms. The molecule has 1 N–H and O–H groups in total. The van der Waals surface area contributed by atoms with E-state index in [1.165, 1.54) is 10.8 Å². The van der Waals surface area contributed by atoms with Crippen LogP contribution >= 0.6 is 11.8 Å². The number of nitrogens with zero attached hydrogens (tertiary/aromatic N) is 3. The summed E-state index contributed by atoms with van der Waals surface area (Å²) in [5.41, 5.74) is 6.57. The Hall–Kier alpha value is -3.25. The molecule has 0 saturated heterocycles. The van der Waals surface area contributed by atoms with Gasteiger partial charge in [0, 0.05) is 16.5 Å². The first-order valence-corrected chi connectivity index (χ1v) is 10.0. The van der Waals surface area contributed by atoms with Crippen LogP contribution in [-0.4, -0.2) is 21.5 Å². The van der Waals surface area contributed by atoms with Crippen molar-refractivity contribution in [2.75, 3.05) is 12.0 Å². The maximum absolute atomic E-state index is 5.63. The fraction of sp³-hybridized carbons (Fsp3) is 0.0909. The Morgan fingerprint density at radius 3 is 2.71 bits per heavy atom. The van der Waals surface area contributed by atoms with Crippen LogP contribution in [-0.2, 0) is 0 Å². The average molecular weight is 386 g/mol. The van der Waals surface area contributed by atoms with Crippen LogP contribution < -0.4 is 10.2 Å². The van der Waals surface area contributed by atoms with Crippen molar-refractivity contribution < 1.29 is 4.74 Å². The minimum absolute atomic E-state index is 0.629. The van der Waals surface area contributed by atoms with E-state index in [1.54, 1.807) is 11.8 Å². The lowest BCUT2D eigenvalue weighted by molar-refractivity contribution is 0.340. The molecule has 5 rings (SSSR count). The molecule has 0 fully saturated rings. The third kappa shape index (κ3) is 3.01. The average Bonchev–Trinajstić information content (AvgIpc) is 3.17. The third-order valence-electron chi connectivity index (χ3n) is 4.61. The molecule has 0 atom stereocenters. The summed E-state index contributed by atoms with van der Waals surface area (Å²) in [4.78, 5) is 0. The van der Waals surface area contributed by atoms with Crippen molar-refractivity contribution in [3.05, 3.63) is 77.7 Å². The second-order valence-electron chi connectivity index (χ2n) is 6.43. The van der Waals surface area contributed by atoms with Crippen molar-refractivity contribution >= 4 is 28.2 Å². The number of ether oxygens (including phenoxy) is 1. The fourth-order valence-corrected chi connectivity index (χ4v) is 4.01. The molecule has 28 heavy (non-hydrogen) atoms. The second-order valence-corrected chi connectivity index (χ2v) is 7.26. The van der Waals surface area contributed by atoms with E-state index in [-0.39, 0.29) is 0 Å². The number of fused-ring (bicyclic) bond motifs is 2. The molecule has 0 bridgehead atoms. The van der Waals surface area contributed by atoms with Crippen LogP contribution in [0.15, 0.2) is 77.3 Å². The minimum Gasteiger partial charge on any atom is -0.494 e. The first-order chi connectivity index (χ1) is 13.8. The molecule has 138 valence electrons. The normalized spacial score (nSPS) is 13.0. The summed E-state index contributed by atoms with van der Waals surface area (Å²) in [6.07, 6.45) is 0. The van der Waals surface area contributed by atoms with Gasteiger partial charge < -0.3 is 4.74 Å². The molecule has 4 aromatic rings. The van der Waals surface area contributed by atoms with Gasteiger partial charge in [-0.25, -0.2) is 4.68 Å². The molecular formula is C22H18N4OS. The molecule has 0 saturated carbocycles. The number of rotatable bonds is 4. The quantitative estimate of drug-likeness (QED) is 0.526. The Kier molecular flexibility index (Phi) is 4.25. The highest BCUT2D eigenvalue weighted by molar-refractivity contribution is 8.02. The van der Waals surface area contributed by atoms with Gasteiger partial charge in [-0.15, -0.1) is 10.2 Å². The van der Waals surface area contributed by atoms with Gasteiger partial charge in [0.2, 0.25) is 5.16 Å². The van der Waals surface area contributed by atoms with E-state index in [0.29, 0.717) is 6.61 Å². The van der Waals surface area contributed by atoms with E-state index < -0.39 is 0 Å². The van der Waals surface area contributed by atoms with Crippen LogP contribution in [0.1, 0.15) is 12.5 Å². The Balaban J connectivity index is 1.50.